The minimum atomic E-state index is 0.117. The summed E-state index contributed by atoms with van der Waals surface area (Å²) in [5, 5.41) is 34.1. The van der Waals surface area contributed by atoms with E-state index < -0.39 is 0 Å². The lowest BCUT2D eigenvalue weighted by atomic mass is 10.1. The molecular weight excluding hydrogens is 274 g/mol. The molecule has 0 bridgehead atoms. The molecule has 9 nitrogen and oxygen atoms in total. The minimum Gasteiger partial charge on any atom is -0.454 e. The molecule has 102 valence electrons. The number of hydrogen-bond acceptors (Lipinski definition) is 8. The van der Waals surface area contributed by atoms with Crippen LogP contribution in [0.3, 0.4) is 0 Å². The maximum Gasteiger partial charge on any atom is 0.231 e. The minimum absolute atomic E-state index is 0.117. The molecular formula is C12H7N7O2. The zero-order valence-electron chi connectivity index (χ0n) is 10.5. The van der Waals surface area contributed by atoms with Crippen LogP contribution in [0.5, 0.6) is 11.5 Å². The first-order valence-corrected chi connectivity index (χ1v) is 5.76. The SMILES string of the molecule is N#CC(=CNc1cc2c(cc1C#N)OCO2)c1nn[nH]n1. The zero-order valence-corrected chi connectivity index (χ0v) is 10.5. The Morgan fingerprint density at radius 1 is 1.33 bits per heavy atom. The molecule has 21 heavy (non-hydrogen) atoms. The number of nitrogens with zero attached hydrogens (tertiary/aromatic N) is 5. The van der Waals surface area contributed by atoms with E-state index in [2.05, 4.69) is 25.9 Å². The molecule has 2 aromatic rings. The van der Waals surface area contributed by atoms with Gasteiger partial charge in [-0.05, 0) is 5.21 Å². The van der Waals surface area contributed by atoms with Crippen LogP contribution < -0.4 is 14.8 Å². The molecule has 0 amide bonds. The Balaban J connectivity index is 1.92. The maximum absolute atomic E-state index is 9.14. The molecule has 1 aromatic heterocycles. The summed E-state index contributed by atoms with van der Waals surface area (Å²) in [5.74, 6) is 1.20. The molecule has 0 saturated carbocycles. The summed E-state index contributed by atoms with van der Waals surface area (Å²) in [7, 11) is 0. The summed E-state index contributed by atoms with van der Waals surface area (Å²) >= 11 is 0. The fourth-order valence-electron chi connectivity index (χ4n) is 1.73. The third-order valence-electron chi connectivity index (χ3n) is 2.71. The van der Waals surface area contributed by atoms with Gasteiger partial charge in [-0.15, -0.1) is 10.2 Å². The molecule has 2 N–H and O–H groups in total. The summed E-state index contributed by atoms with van der Waals surface area (Å²) in [5.41, 5.74) is 1.02. The number of nitrogens with one attached hydrogen (secondary N) is 2. The van der Waals surface area contributed by atoms with Crippen LogP contribution in [0.4, 0.5) is 5.69 Å². The highest BCUT2D eigenvalue weighted by Crippen LogP contribution is 2.36. The highest BCUT2D eigenvalue weighted by atomic mass is 16.7. The monoisotopic (exact) mass is 281 g/mol. The van der Waals surface area contributed by atoms with Crippen LogP contribution in [0, 0.1) is 22.7 Å². The van der Waals surface area contributed by atoms with Crippen molar-refractivity contribution in [3.8, 4) is 23.6 Å². The number of allylic oxidation sites excluding steroid dienone is 1. The fraction of sp³-hybridized carbons (Fsp3) is 0.0833. The lowest BCUT2D eigenvalue weighted by Crippen LogP contribution is -1.95. The van der Waals surface area contributed by atoms with E-state index in [4.69, 9.17) is 20.0 Å². The van der Waals surface area contributed by atoms with Crippen molar-refractivity contribution < 1.29 is 9.47 Å². The Kier molecular flexibility index (Phi) is 3.07. The van der Waals surface area contributed by atoms with Gasteiger partial charge in [0.15, 0.2) is 11.5 Å². The van der Waals surface area contributed by atoms with E-state index in [1.165, 1.54) is 6.20 Å². The number of tetrazole rings is 1. The van der Waals surface area contributed by atoms with Crippen molar-refractivity contribution in [2.75, 3.05) is 12.1 Å². The van der Waals surface area contributed by atoms with Crippen LogP contribution in [0.2, 0.25) is 0 Å². The Bertz CT molecular complexity index is 783. The van der Waals surface area contributed by atoms with E-state index in [0.717, 1.165) is 0 Å². The Morgan fingerprint density at radius 3 is 2.81 bits per heavy atom. The molecule has 0 fully saturated rings. The summed E-state index contributed by atoms with van der Waals surface area (Å²) in [6, 6.07) is 7.18. The highest BCUT2D eigenvalue weighted by molar-refractivity contribution is 5.75. The number of aromatic amines is 1. The average Bonchev–Trinajstić information content (AvgIpc) is 3.17. The number of aromatic nitrogens is 4. The molecule has 0 saturated heterocycles. The van der Waals surface area contributed by atoms with Gasteiger partial charge < -0.3 is 14.8 Å². The fourth-order valence-corrected chi connectivity index (χ4v) is 1.73. The Labute approximate surface area is 118 Å². The van der Waals surface area contributed by atoms with E-state index >= 15 is 0 Å². The van der Waals surface area contributed by atoms with Gasteiger partial charge in [-0.3, -0.25) is 0 Å². The van der Waals surface area contributed by atoms with E-state index in [9.17, 15) is 0 Å². The number of hydrogen-bond donors (Lipinski definition) is 2. The number of fused-ring (bicyclic) bond motifs is 1. The molecule has 0 unspecified atom stereocenters. The van der Waals surface area contributed by atoms with Gasteiger partial charge in [0.25, 0.3) is 0 Å². The van der Waals surface area contributed by atoms with Gasteiger partial charge in [0.05, 0.1) is 11.3 Å². The quantitative estimate of drug-likeness (QED) is 0.788. The normalized spacial score (nSPS) is 12.6. The summed E-state index contributed by atoms with van der Waals surface area (Å²) < 4.78 is 10.4. The highest BCUT2D eigenvalue weighted by Gasteiger charge is 2.17. The van der Waals surface area contributed by atoms with Crippen LogP contribution in [-0.2, 0) is 0 Å². The maximum atomic E-state index is 9.14. The number of ether oxygens (including phenoxy) is 2. The van der Waals surface area contributed by atoms with Crippen LogP contribution in [0.25, 0.3) is 5.57 Å². The van der Waals surface area contributed by atoms with Crippen molar-refractivity contribution in [1.82, 2.24) is 20.6 Å². The third-order valence-corrected chi connectivity index (χ3v) is 2.71. The van der Waals surface area contributed by atoms with E-state index in [-0.39, 0.29) is 18.2 Å². The van der Waals surface area contributed by atoms with Crippen LogP contribution in [-0.4, -0.2) is 27.4 Å². The molecule has 0 spiro atoms. The summed E-state index contributed by atoms with van der Waals surface area (Å²) in [6.45, 7) is 0.117. The summed E-state index contributed by atoms with van der Waals surface area (Å²) in [4.78, 5) is 0. The van der Waals surface area contributed by atoms with Gasteiger partial charge >= 0.3 is 0 Å². The first-order chi connectivity index (χ1) is 10.3. The molecule has 0 aliphatic carbocycles. The third kappa shape index (κ3) is 2.31. The van der Waals surface area contributed by atoms with Crippen molar-refractivity contribution >= 4 is 11.3 Å². The molecule has 1 aliphatic heterocycles. The molecule has 9 heteroatoms. The molecule has 1 aromatic carbocycles. The van der Waals surface area contributed by atoms with Crippen molar-refractivity contribution in [3.05, 3.63) is 29.7 Å². The van der Waals surface area contributed by atoms with Gasteiger partial charge in [-0.1, -0.05) is 0 Å². The Hall–Kier alpha value is -3.59. The second-order valence-electron chi connectivity index (χ2n) is 3.91. The largest absolute Gasteiger partial charge is 0.454 e. The standard InChI is InChI=1S/C12H7N7O2/c13-3-7-1-10-11(21-6-20-10)2-9(7)15-5-8(4-14)12-16-18-19-17-12/h1-2,5,15H,6H2,(H,16,17,18,19). The van der Waals surface area contributed by atoms with Crippen molar-refractivity contribution in [2.45, 2.75) is 0 Å². The van der Waals surface area contributed by atoms with Gasteiger partial charge in [0.2, 0.25) is 12.6 Å². The number of anilines is 1. The van der Waals surface area contributed by atoms with Crippen LogP contribution in [0.1, 0.15) is 11.4 Å². The molecule has 0 atom stereocenters. The predicted octanol–water partition coefficient (Wildman–Crippen LogP) is 0.777. The second-order valence-corrected chi connectivity index (χ2v) is 3.91. The summed E-state index contributed by atoms with van der Waals surface area (Å²) in [6.07, 6.45) is 1.39. The number of nitriles is 2. The predicted molar refractivity (Wildman–Crippen MR) is 68.7 cm³/mol. The molecule has 0 radical (unpaired) electrons. The van der Waals surface area contributed by atoms with Crippen molar-refractivity contribution in [2.24, 2.45) is 0 Å². The number of benzene rings is 1. The van der Waals surface area contributed by atoms with E-state index in [1.807, 2.05) is 12.1 Å². The lowest BCUT2D eigenvalue weighted by Gasteiger charge is -2.05. The Morgan fingerprint density at radius 2 is 2.14 bits per heavy atom. The second kappa shape index (κ2) is 5.19. The topological polar surface area (TPSA) is 133 Å². The molecule has 1 aliphatic rings. The van der Waals surface area contributed by atoms with E-state index in [0.29, 0.717) is 22.7 Å². The van der Waals surface area contributed by atoms with Gasteiger partial charge in [-0.2, -0.15) is 15.7 Å². The van der Waals surface area contributed by atoms with Gasteiger partial charge in [0, 0.05) is 18.3 Å². The number of rotatable bonds is 3. The first kappa shape index (κ1) is 12.4. The molecule has 3 rings (SSSR count). The van der Waals surface area contributed by atoms with Crippen LogP contribution >= 0.6 is 0 Å². The van der Waals surface area contributed by atoms with E-state index in [1.54, 1.807) is 12.1 Å². The van der Waals surface area contributed by atoms with Crippen LogP contribution in [0.15, 0.2) is 18.3 Å². The first-order valence-electron chi connectivity index (χ1n) is 5.76. The van der Waals surface area contributed by atoms with Crippen molar-refractivity contribution in [1.29, 1.82) is 10.5 Å². The average molecular weight is 281 g/mol. The zero-order chi connectivity index (χ0) is 14.7. The number of H-pyrrole nitrogens is 1. The van der Waals surface area contributed by atoms with Gasteiger partial charge in [0.1, 0.15) is 17.7 Å². The van der Waals surface area contributed by atoms with Crippen molar-refractivity contribution in [3.63, 3.8) is 0 Å². The smallest absolute Gasteiger partial charge is 0.231 e. The molecule has 2 heterocycles. The lowest BCUT2D eigenvalue weighted by molar-refractivity contribution is 0.174. The van der Waals surface area contributed by atoms with Gasteiger partial charge in [-0.25, -0.2) is 0 Å².